The molecule has 1 aromatic rings. The van der Waals surface area contributed by atoms with Crippen LogP contribution in [0.15, 0.2) is 28.7 Å². The zero-order chi connectivity index (χ0) is 11.2. The van der Waals surface area contributed by atoms with Crippen LogP contribution in [0, 0.1) is 5.41 Å². The first kappa shape index (κ1) is 10.8. The summed E-state index contributed by atoms with van der Waals surface area (Å²) in [5.74, 6) is 0. The molecule has 1 aliphatic carbocycles. The van der Waals surface area contributed by atoms with Crippen LogP contribution in [-0.2, 0) is 10.2 Å². The Balaban J connectivity index is 2.02. The average molecular weight is 282 g/mol. The first-order valence-corrected chi connectivity index (χ1v) is 6.56. The highest BCUT2D eigenvalue weighted by Gasteiger charge is 2.62. The number of halogens is 1. The predicted molar refractivity (Wildman–Crippen MR) is 67.4 cm³/mol. The maximum atomic E-state index is 5.97. The molecule has 1 saturated carbocycles. The van der Waals surface area contributed by atoms with Gasteiger partial charge < -0.3 is 10.5 Å². The summed E-state index contributed by atoms with van der Waals surface area (Å²) in [4.78, 5) is 0. The van der Waals surface area contributed by atoms with E-state index in [0.717, 1.165) is 24.2 Å². The Bertz CT molecular complexity index is 410. The van der Waals surface area contributed by atoms with Crippen molar-refractivity contribution in [1.29, 1.82) is 0 Å². The summed E-state index contributed by atoms with van der Waals surface area (Å²) in [6.07, 6.45) is 2.50. The van der Waals surface area contributed by atoms with Gasteiger partial charge in [-0.15, -0.1) is 0 Å². The van der Waals surface area contributed by atoms with Crippen LogP contribution in [0.4, 0.5) is 0 Å². The topological polar surface area (TPSA) is 35.2 Å². The minimum absolute atomic E-state index is 0.186. The maximum Gasteiger partial charge on any atom is 0.0591 e. The van der Waals surface area contributed by atoms with Crippen molar-refractivity contribution in [2.75, 3.05) is 19.8 Å². The van der Waals surface area contributed by atoms with Gasteiger partial charge in [-0.2, -0.15) is 0 Å². The van der Waals surface area contributed by atoms with Crippen LogP contribution in [0.3, 0.4) is 0 Å². The molecule has 0 aromatic heterocycles. The Morgan fingerprint density at radius 3 is 2.50 bits per heavy atom. The van der Waals surface area contributed by atoms with Crippen molar-refractivity contribution >= 4 is 15.9 Å². The summed E-state index contributed by atoms with van der Waals surface area (Å²) < 4.78 is 6.63. The van der Waals surface area contributed by atoms with Gasteiger partial charge in [0.1, 0.15) is 0 Å². The number of nitrogens with two attached hydrogens (primary N) is 1. The maximum absolute atomic E-state index is 5.97. The lowest BCUT2D eigenvalue weighted by Gasteiger charge is -2.48. The summed E-state index contributed by atoms with van der Waals surface area (Å²) >= 11 is 3.54. The van der Waals surface area contributed by atoms with Crippen LogP contribution >= 0.6 is 15.9 Å². The van der Waals surface area contributed by atoms with Gasteiger partial charge in [0.05, 0.1) is 13.2 Å². The summed E-state index contributed by atoms with van der Waals surface area (Å²) in [5.41, 5.74) is 7.86. The zero-order valence-electron chi connectivity index (χ0n) is 9.21. The minimum Gasteiger partial charge on any atom is -0.379 e. The molecule has 2 fully saturated rings. The molecule has 0 atom stereocenters. The van der Waals surface area contributed by atoms with Gasteiger partial charge in [0.2, 0.25) is 0 Å². The minimum atomic E-state index is 0.186. The average Bonchev–Trinajstić information content (AvgIpc) is 2.98. The molecule has 1 heterocycles. The molecule has 0 amide bonds. The van der Waals surface area contributed by atoms with Gasteiger partial charge in [0, 0.05) is 9.89 Å². The fourth-order valence-electron chi connectivity index (χ4n) is 2.90. The van der Waals surface area contributed by atoms with E-state index in [1.807, 2.05) is 0 Å². The van der Waals surface area contributed by atoms with Gasteiger partial charge in [0.25, 0.3) is 0 Å². The van der Waals surface area contributed by atoms with Crippen molar-refractivity contribution in [3.63, 3.8) is 0 Å². The highest BCUT2D eigenvalue weighted by Crippen LogP contribution is 2.61. The fourth-order valence-corrected chi connectivity index (χ4v) is 3.30. The van der Waals surface area contributed by atoms with Crippen LogP contribution < -0.4 is 5.73 Å². The van der Waals surface area contributed by atoms with E-state index in [2.05, 4.69) is 40.2 Å². The third-order valence-electron chi connectivity index (χ3n) is 4.33. The van der Waals surface area contributed by atoms with E-state index in [1.54, 1.807) is 0 Å². The fraction of sp³-hybridized carbons (Fsp3) is 0.538. The molecular weight excluding hydrogens is 266 g/mol. The Morgan fingerprint density at radius 1 is 1.31 bits per heavy atom. The third kappa shape index (κ3) is 1.31. The summed E-state index contributed by atoms with van der Waals surface area (Å²) in [6, 6.07) is 8.60. The quantitative estimate of drug-likeness (QED) is 0.924. The molecule has 0 bridgehead atoms. The molecule has 86 valence electrons. The van der Waals surface area contributed by atoms with E-state index in [4.69, 9.17) is 10.5 Å². The molecule has 0 radical (unpaired) electrons. The van der Waals surface area contributed by atoms with Gasteiger partial charge in [0.15, 0.2) is 0 Å². The Morgan fingerprint density at radius 2 is 2.06 bits per heavy atom. The van der Waals surface area contributed by atoms with Crippen LogP contribution in [0.1, 0.15) is 18.4 Å². The molecule has 2 aliphatic rings. The van der Waals surface area contributed by atoms with Crippen molar-refractivity contribution in [2.24, 2.45) is 11.1 Å². The number of rotatable bonds is 3. The Kier molecular flexibility index (Phi) is 2.39. The van der Waals surface area contributed by atoms with E-state index < -0.39 is 0 Å². The predicted octanol–water partition coefficient (Wildman–Crippen LogP) is 2.46. The molecule has 2 nitrogen and oxygen atoms in total. The van der Waals surface area contributed by atoms with Crippen LogP contribution in [0.2, 0.25) is 0 Å². The van der Waals surface area contributed by atoms with Gasteiger partial charge in [-0.25, -0.2) is 0 Å². The largest absolute Gasteiger partial charge is 0.379 e. The number of hydrogen-bond donors (Lipinski definition) is 1. The summed E-state index contributed by atoms with van der Waals surface area (Å²) in [6.45, 7) is 2.45. The first-order chi connectivity index (χ1) is 7.72. The van der Waals surface area contributed by atoms with Crippen LogP contribution in [0.5, 0.6) is 0 Å². The van der Waals surface area contributed by atoms with E-state index >= 15 is 0 Å². The highest BCUT2D eigenvalue weighted by molar-refractivity contribution is 9.10. The number of benzene rings is 1. The smallest absolute Gasteiger partial charge is 0.0591 e. The second-order valence-electron chi connectivity index (χ2n) is 5.07. The lowest BCUT2D eigenvalue weighted by atomic mass is 9.66. The molecular formula is C13H16BrNO. The van der Waals surface area contributed by atoms with Gasteiger partial charge in [-0.05, 0) is 42.5 Å². The molecule has 3 rings (SSSR count). The van der Waals surface area contributed by atoms with Crippen LogP contribution in [-0.4, -0.2) is 19.8 Å². The Hall–Kier alpha value is -0.380. The summed E-state index contributed by atoms with van der Waals surface area (Å²) in [5, 5.41) is 0. The second-order valence-corrected chi connectivity index (χ2v) is 5.99. The molecule has 16 heavy (non-hydrogen) atoms. The van der Waals surface area contributed by atoms with E-state index in [9.17, 15) is 0 Å². The van der Waals surface area contributed by atoms with Crippen molar-refractivity contribution in [1.82, 2.24) is 0 Å². The first-order valence-electron chi connectivity index (χ1n) is 5.76. The lowest BCUT2D eigenvalue weighted by molar-refractivity contribution is -0.0973. The molecule has 0 spiro atoms. The monoisotopic (exact) mass is 281 g/mol. The number of ether oxygens (including phenoxy) is 1. The lowest BCUT2D eigenvalue weighted by Crippen LogP contribution is -2.55. The van der Waals surface area contributed by atoms with Crippen LogP contribution in [0.25, 0.3) is 0 Å². The van der Waals surface area contributed by atoms with Gasteiger partial charge in [-0.1, -0.05) is 28.1 Å². The molecule has 1 aromatic carbocycles. The highest BCUT2D eigenvalue weighted by atomic mass is 79.9. The summed E-state index contributed by atoms with van der Waals surface area (Å²) in [7, 11) is 0. The molecule has 3 heteroatoms. The molecule has 2 N–H and O–H groups in total. The Labute approximate surface area is 104 Å². The van der Waals surface area contributed by atoms with E-state index in [0.29, 0.717) is 5.41 Å². The SMILES string of the molecule is NCC1(C2(c3cccc(Br)c3)COC2)CC1. The number of hydrogen-bond acceptors (Lipinski definition) is 2. The second kappa shape index (κ2) is 3.56. The van der Waals surface area contributed by atoms with Gasteiger partial charge >= 0.3 is 0 Å². The standard InChI is InChI=1S/C13H16BrNO/c14-11-3-1-2-10(6-11)13(8-16-9-13)12(7-15)4-5-12/h1-3,6H,4-5,7-9,15H2. The zero-order valence-corrected chi connectivity index (χ0v) is 10.8. The third-order valence-corrected chi connectivity index (χ3v) is 4.83. The van der Waals surface area contributed by atoms with E-state index in [-0.39, 0.29) is 5.41 Å². The molecule has 1 saturated heterocycles. The van der Waals surface area contributed by atoms with Crippen molar-refractivity contribution in [2.45, 2.75) is 18.3 Å². The molecule has 1 aliphatic heterocycles. The van der Waals surface area contributed by atoms with Crippen molar-refractivity contribution < 1.29 is 4.74 Å². The van der Waals surface area contributed by atoms with E-state index in [1.165, 1.54) is 18.4 Å². The van der Waals surface area contributed by atoms with Gasteiger partial charge in [-0.3, -0.25) is 0 Å². The normalized spacial score (nSPS) is 24.9. The molecule has 0 unspecified atom stereocenters. The van der Waals surface area contributed by atoms with Crippen molar-refractivity contribution in [3.8, 4) is 0 Å². The van der Waals surface area contributed by atoms with Crippen molar-refractivity contribution in [3.05, 3.63) is 34.3 Å².